The van der Waals surface area contributed by atoms with E-state index in [0.717, 1.165) is 18.5 Å². The van der Waals surface area contributed by atoms with Crippen LogP contribution in [0.1, 0.15) is 18.9 Å². The average molecular weight is 329 g/mol. The van der Waals surface area contributed by atoms with E-state index in [1.807, 2.05) is 13.0 Å². The first-order chi connectivity index (χ1) is 9.10. The van der Waals surface area contributed by atoms with Gasteiger partial charge in [-0.2, -0.15) is 0 Å². The first kappa shape index (κ1) is 14.5. The van der Waals surface area contributed by atoms with Crippen molar-refractivity contribution in [1.82, 2.24) is 10.2 Å². The fourth-order valence-electron chi connectivity index (χ4n) is 2.30. The molecular formula is C14H18BrFN2O. The summed E-state index contributed by atoms with van der Waals surface area (Å²) >= 11 is 3.51. The second-order valence-corrected chi connectivity index (χ2v) is 6.07. The maximum atomic E-state index is 13.2. The Balaban J connectivity index is 2.01. The molecule has 0 radical (unpaired) electrons. The van der Waals surface area contributed by atoms with Crippen LogP contribution >= 0.6 is 15.9 Å². The van der Waals surface area contributed by atoms with E-state index in [1.54, 1.807) is 11.0 Å². The zero-order valence-corrected chi connectivity index (χ0v) is 12.5. The summed E-state index contributed by atoms with van der Waals surface area (Å²) in [5.41, 5.74) is 0.823. The van der Waals surface area contributed by atoms with Crippen molar-refractivity contribution >= 4 is 21.8 Å². The Hall–Kier alpha value is -0.940. The van der Waals surface area contributed by atoms with Crippen LogP contribution in [0.4, 0.5) is 4.39 Å². The van der Waals surface area contributed by atoms with Gasteiger partial charge in [-0.15, -0.1) is 0 Å². The SMILES string of the molecule is CCN(Cc1cccc(F)c1)C(=O)C1CC(Br)CN1. The highest BCUT2D eigenvalue weighted by Gasteiger charge is 2.30. The highest BCUT2D eigenvalue weighted by Crippen LogP contribution is 2.17. The number of carbonyl (C=O) groups is 1. The van der Waals surface area contributed by atoms with Gasteiger partial charge in [-0.1, -0.05) is 28.1 Å². The van der Waals surface area contributed by atoms with Gasteiger partial charge in [0.1, 0.15) is 5.82 Å². The summed E-state index contributed by atoms with van der Waals surface area (Å²) < 4.78 is 13.2. The van der Waals surface area contributed by atoms with Gasteiger partial charge in [0, 0.05) is 24.5 Å². The van der Waals surface area contributed by atoms with Gasteiger partial charge in [0.05, 0.1) is 6.04 Å². The standard InChI is InChI=1S/C14H18BrFN2O/c1-2-18(9-10-4-3-5-12(16)6-10)14(19)13-7-11(15)8-17-13/h3-6,11,13,17H,2,7-9H2,1H3. The number of halogens is 2. The molecule has 2 rings (SSSR count). The lowest BCUT2D eigenvalue weighted by Gasteiger charge is -2.24. The summed E-state index contributed by atoms with van der Waals surface area (Å²) in [5, 5.41) is 3.21. The number of rotatable bonds is 4. The Kier molecular flexibility index (Phi) is 4.93. The van der Waals surface area contributed by atoms with Crippen LogP contribution in [0.3, 0.4) is 0 Å². The number of hydrogen-bond acceptors (Lipinski definition) is 2. The fraction of sp³-hybridized carbons (Fsp3) is 0.500. The summed E-state index contributed by atoms with van der Waals surface area (Å²) in [4.78, 5) is 14.5. The average Bonchev–Trinajstić information content (AvgIpc) is 2.82. The largest absolute Gasteiger partial charge is 0.337 e. The van der Waals surface area contributed by atoms with Gasteiger partial charge in [-0.05, 0) is 31.0 Å². The molecule has 1 aromatic carbocycles. The number of nitrogens with zero attached hydrogens (tertiary/aromatic N) is 1. The van der Waals surface area contributed by atoms with Crippen LogP contribution in [0, 0.1) is 5.82 Å². The Labute approximate surface area is 121 Å². The minimum Gasteiger partial charge on any atom is -0.337 e. The molecule has 1 aliphatic heterocycles. The Bertz CT molecular complexity index is 455. The van der Waals surface area contributed by atoms with Gasteiger partial charge < -0.3 is 10.2 Å². The summed E-state index contributed by atoms with van der Waals surface area (Å²) in [6.07, 6.45) is 0.804. The molecule has 1 N–H and O–H groups in total. The first-order valence-corrected chi connectivity index (χ1v) is 7.42. The molecule has 1 heterocycles. The smallest absolute Gasteiger partial charge is 0.240 e. The lowest BCUT2D eigenvalue weighted by Crippen LogP contribution is -2.43. The third kappa shape index (κ3) is 3.76. The van der Waals surface area contributed by atoms with E-state index < -0.39 is 0 Å². The maximum Gasteiger partial charge on any atom is 0.240 e. The van der Waals surface area contributed by atoms with Crippen LogP contribution in [0.15, 0.2) is 24.3 Å². The van der Waals surface area contributed by atoms with Crippen molar-refractivity contribution in [3.8, 4) is 0 Å². The molecule has 0 bridgehead atoms. The van der Waals surface area contributed by atoms with E-state index in [-0.39, 0.29) is 17.8 Å². The van der Waals surface area contributed by atoms with E-state index in [9.17, 15) is 9.18 Å². The van der Waals surface area contributed by atoms with Gasteiger partial charge in [-0.3, -0.25) is 4.79 Å². The van der Waals surface area contributed by atoms with E-state index >= 15 is 0 Å². The highest BCUT2D eigenvalue weighted by atomic mass is 79.9. The molecule has 1 amide bonds. The van der Waals surface area contributed by atoms with Crippen molar-refractivity contribution in [1.29, 1.82) is 0 Å². The predicted molar refractivity (Wildman–Crippen MR) is 76.6 cm³/mol. The molecule has 0 aromatic heterocycles. The van der Waals surface area contributed by atoms with Crippen molar-refractivity contribution in [2.24, 2.45) is 0 Å². The highest BCUT2D eigenvalue weighted by molar-refractivity contribution is 9.09. The van der Waals surface area contributed by atoms with Crippen molar-refractivity contribution in [2.75, 3.05) is 13.1 Å². The molecule has 0 spiro atoms. The number of hydrogen-bond donors (Lipinski definition) is 1. The zero-order chi connectivity index (χ0) is 13.8. The van der Waals surface area contributed by atoms with Gasteiger partial charge in [0.2, 0.25) is 5.91 Å². The Morgan fingerprint density at radius 1 is 1.58 bits per heavy atom. The minimum atomic E-state index is -0.263. The second-order valence-electron chi connectivity index (χ2n) is 4.78. The molecular weight excluding hydrogens is 311 g/mol. The first-order valence-electron chi connectivity index (χ1n) is 6.51. The lowest BCUT2D eigenvalue weighted by molar-refractivity contribution is -0.133. The van der Waals surface area contributed by atoms with Gasteiger partial charge in [0.15, 0.2) is 0 Å². The number of amides is 1. The van der Waals surface area contributed by atoms with Crippen molar-refractivity contribution in [3.05, 3.63) is 35.6 Å². The molecule has 19 heavy (non-hydrogen) atoms. The van der Waals surface area contributed by atoms with E-state index in [1.165, 1.54) is 12.1 Å². The number of nitrogens with one attached hydrogen (secondary N) is 1. The third-order valence-electron chi connectivity index (χ3n) is 3.33. The number of alkyl halides is 1. The molecule has 5 heteroatoms. The Morgan fingerprint density at radius 2 is 2.37 bits per heavy atom. The van der Waals surface area contributed by atoms with E-state index in [4.69, 9.17) is 0 Å². The van der Waals surface area contributed by atoms with E-state index in [0.29, 0.717) is 17.9 Å². The lowest BCUT2D eigenvalue weighted by atomic mass is 10.1. The fourth-order valence-corrected chi connectivity index (χ4v) is 2.86. The van der Waals surface area contributed by atoms with Crippen LogP contribution in [0.2, 0.25) is 0 Å². The molecule has 1 saturated heterocycles. The molecule has 3 nitrogen and oxygen atoms in total. The summed E-state index contributed by atoms with van der Waals surface area (Å²) in [5.74, 6) is -0.172. The monoisotopic (exact) mass is 328 g/mol. The summed E-state index contributed by atoms with van der Waals surface area (Å²) in [7, 11) is 0. The molecule has 1 aromatic rings. The van der Waals surface area contributed by atoms with Gasteiger partial charge in [-0.25, -0.2) is 4.39 Å². The number of benzene rings is 1. The van der Waals surface area contributed by atoms with Crippen LogP contribution in [-0.4, -0.2) is 34.8 Å². The summed E-state index contributed by atoms with van der Waals surface area (Å²) in [6.45, 7) is 3.84. The van der Waals surface area contributed by atoms with Crippen LogP contribution in [0.5, 0.6) is 0 Å². The maximum absolute atomic E-state index is 13.2. The molecule has 2 unspecified atom stereocenters. The number of likely N-dealkylation sites (N-methyl/N-ethyl adjacent to an activating group) is 1. The van der Waals surface area contributed by atoms with Crippen LogP contribution < -0.4 is 5.32 Å². The topological polar surface area (TPSA) is 32.3 Å². The zero-order valence-electron chi connectivity index (χ0n) is 10.9. The van der Waals surface area contributed by atoms with Gasteiger partial charge in [0.25, 0.3) is 0 Å². The normalized spacial score (nSPS) is 22.5. The Morgan fingerprint density at radius 3 is 2.95 bits per heavy atom. The van der Waals surface area contributed by atoms with Crippen molar-refractivity contribution in [3.63, 3.8) is 0 Å². The molecule has 0 aliphatic carbocycles. The quantitative estimate of drug-likeness (QED) is 0.860. The number of carbonyl (C=O) groups excluding carboxylic acids is 1. The third-order valence-corrected chi connectivity index (χ3v) is 4.03. The van der Waals surface area contributed by atoms with Crippen LogP contribution in [0.25, 0.3) is 0 Å². The van der Waals surface area contributed by atoms with Crippen molar-refractivity contribution < 1.29 is 9.18 Å². The predicted octanol–water partition coefficient (Wildman–Crippen LogP) is 2.30. The second kappa shape index (κ2) is 6.48. The molecule has 1 aliphatic rings. The molecule has 0 saturated carbocycles. The summed E-state index contributed by atoms with van der Waals surface area (Å²) in [6, 6.07) is 6.28. The van der Waals surface area contributed by atoms with Crippen LogP contribution in [-0.2, 0) is 11.3 Å². The van der Waals surface area contributed by atoms with Crippen molar-refractivity contribution in [2.45, 2.75) is 30.8 Å². The van der Waals surface area contributed by atoms with E-state index in [2.05, 4.69) is 21.2 Å². The minimum absolute atomic E-state index is 0.0914. The van der Waals surface area contributed by atoms with Gasteiger partial charge >= 0.3 is 0 Å². The molecule has 104 valence electrons. The molecule has 2 atom stereocenters. The molecule has 1 fully saturated rings.